The topological polar surface area (TPSA) is 61.0 Å². The van der Waals surface area contributed by atoms with E-state index in [1.165, 1.54) is 0 Å². The summed E-state index contributed by atoms with van der Waals surface area (Å²) in [6.07, 6.45) is 0. The number of imidazole rings is 1. The number of hydrogen-bond acceptors (Lipinski definition) is 3. The van der Waals surface area contributed by atoms with Crippen molar-refractivity contribution in [2.24, 2.45) is 0 Å². The number of nitrogens with one attached hydrogen (secondary N) is 2. The van der Waals surface area contributed by atoms with E-state index in [0.29, 0.717) is 0 Å². The first-order valence-corrected chi connectivity index (χ1v) is 9.19. The number of anilines is 1. The lowest BCUT2D eigenvalue weighted by atomic mass is 10.0. The number of carbonyl (C=O) groups is 1. The highest BCUT2D eigenvalue weighted by atomic mass is 16.2. The Morgan fingerprint density at radius 2 is 1.71 bits per heavy atom. The molecular formula is C23H22N4O. The van der Waals surface area contributed by atoms with E-state index in [-0.39, 0.29) is 5.91 Å². The Hall–Kier alpha value is -3.60. The van der Waals surface area contributed by atoms with Crippen LogP contribution < -0.4 is 5.32 Å². The van der Waals surface area contributed by atoms with E-state index in [9.17, 15) is 4.79 Å². The van der Waals surface area contributed by atoms with Gasteiger partial charge in [0, 0.05) is 25.3 Å². The van der Waals surface area contributed by atoms with E-state index in [1.807, 2.05) is 78.9 Å². The first kappa shape index (κ1) is 17.8. The molecule has 3 aromatic carbocycles. The molecule has 1 aromatic heterocycles. The van der Waals surface area contributed by atoms with Crippen LogP contribution in [0.15, 0.2) is 78.9 Å². The molecule has 0 unspecified atom stereocenters. The van der Waals surface area contributed by atoms with Gasteiger partial charge in [-0.05, 0) is 29.8 Å². The highest BCUT2D eigenvalue weighted by Gasteiger charge is 2.22. The minimum atomic E-state index is -0.456. The molecule has 1 atom stereocenters. The van der Waals surface area contributed by atoms with Crippen molar-refractivity contribution in [1.29, 1.82) is 0 Å². The van der Waals surface area contributed by atoms with E-state index in [2.05, 4.69) is 15.3 Å². The van der Waals surface area contributed by atoms with E-state index < -0.39 is 6.04 Å². The van der Waals surface area contributed by atoms with Gasteiger partial charge in [-0.15, -0.1) is 0 Å². The van der Waals surface area contributed by atoms with Crippen LogP contribution in [0.1, 0.15) is 11.6 Å². The third kappa shape index (κ3) is 3.60. The summed E-state index contributed by atoms with van der Waals surface area (Å²) in [6.45, 7) is 0. The third-order valence-electron chi connectivity index (χ3n) is 4.66. The lowest BCUT2D eigenvalue weighted by Gasteiger charge is -2.23. The SMILES string of the molecule is CN(C)C(=O)[C@@H](Nc1cccc(-c2nc3ccccc3[nH]2)c1)c1ccccc1. The summed E-state index contributed by atoms with van der Waals surface area (Å²) in [5, 5.41) is 3.39. The predicted molar refractivity (Wildman–Crippen MR) is 113 cm³/mol. The predicted octanol–water partition coefficient (Wildman–Crippen LogP) is 4.47. The van der Waals surface area contributed by atoms with Crippen LogP contribution in [-0.2, 0) is 4.79 Å². The zero-order valence-electron chi connectivity index (χ0n) is 15.9. The Kier molecular flexibility index (Phi) is 4.81. The maximum absolute atomic E-state index is 12.8. The second kappa shape index (κ2) is 7.56. The van der Waals surface area contributed by atoms with Crippen LogP contribution in [-0.4, -0.2) is 34.9 Å². The number of aromatic amines is 1. The number of fused-ring (bicyclic) bond motifs is 1. The lowest BCUT2D eigenvalue weighted by Crippen LogP contribution is -2.32. The molecule has 2 N–H and O–H groups in total. The molecule has 0 radical (unpaired) electrons. The fourth-order valence-corrected chi connectivity index (χ4v) is 3.20. The zero-order valence-corrected chi connectivity index (χ0v) is 15.9. The number of para-hydroxylation sites is 2. The van der Waals surface area contributed by atoms with Gasteiger partial charge in [-0.2, -0.15) is 0 Å². The molecule has 0 aliphatic heterocycles. The van der Waals surface area contributed by atoms with Crippen LogP contribution >= 0.6 is 0 Å². The second-order valence-corrected chi connectivity index (χ2v) is 6.90. The molecular weight excluding hydrogens is 348 g/mol. The number of nitrogens with zero attached hydrogens (tertiary/aromatic N) is 2. The Morgan fingerprint density at radius 3 is 2.46 bits per heavy atom. The summed E-state index contributed by atoms with van der Waals surface area (Å²) in [4.78, 5) is 22.4. The molecule has 0 aliphatic carbocycles. The second-order valence-electron chi connectivity index (χ2n) is 6.90. The van der Waals surface area contributed by atoms with Crippen molar-refractivity contribution in [3.05, 3.63) is 84.4 Å². The quantitative estimate of drug-likeness (QED) is 0.545. The molecule has 4 aromatic rings. The van der Waals surface area contributed by atoms with Crippen molar-refractivity contribution in [3.63, 3.8) is 0 Å². The van der Waals surface area contributed by atoms with Crippen LogP contribution in [0.3, 0.4) is 0 Å². The number of carbonyl (C=O) groups excluding carboxylic acids is 1. The minimum Gasteiger partial charge on any atom is -0.370 e. The largest absolute Gasteiger partial charge is 0.370 e. The van der Waals surface area contributed by atoms with Crippen molar-refractivity contribution < 1.29 is 4.79 Å². The number of aromatic nitrogens is 2. The molecule has 140 valence electrons. The van der Waals surface area contributed by atoms with Crippen molar-refractivity contribution in [3.8, 4) is 11.4 Å². The van der Waals surface area contributed by atoms with Crippen LogP contribution in [0.25, 0.3) is 22.4 Å². The molecule has 0 spiro atoms. The monoisotopic (exact) mass is 370 g/mol. The molecule has 4 rings (SSSR count). The molecule has 0 saturated carbocycles. The van der Waals surface area contributed by atoms with Crippen LogP contribution in [0.5, 0.6) is 0 Å². The highest BCUT2D eigenvalue weighted by Crippen LogP contribution is 2.26. The van der Waals surface area contributed by atoms with Crippen LogP contribution in [0.4, 0.5) is 5.69 Å². The molecule has 28 heavy (non-hydrogen) atoms. The first-order valence-electron chi connectivity index (χ1n) is 9.19. The van der Waals surface area contributed by atoms with Crippen molar-refractivity contribution in [2.75, 3.05) is 19.4 Å². The van der Waals surface area contributed by atoms with Gasteiger partial charge in [-0.25, -0.2) is 4.98 Å². The molecule has 0 fully saturated rings. The minimum absolute atomic E-state index is 0.000315. The molecule has 0 saturated heterocycles. The van der Waals surface area contributed by atoms with Crippen molar-refractivity contribution >= 4 is 22.6 Å². The molecule has 5 nitrogen and oxygen atoms in total. The summed E-state index contributed by atoms with van der Waals surface area (Å²) >= 11 is 0. The number of benzene rings is 3. The molecule has 0 bridgehead atoms. The average Bonchev–Trinajstić information content (AvgIpc) is 3.17. The molecule has 0 aliphatic rings. The van der Waals surface area contributed by atoms with E-state index in [1.54, 1.807) is 19.0 Å². The molecule has 1 heterocycles. The van der Waals surface area contributed by atoms with Crippen LogP contribution in [0.2, 0.25) is 0 Å². The standard InChI is InChI=1S/C23H22N4O/c1-27(2)23(28)21(16-9-4-3-5-10-16)24-18-12-8-11-17(15-18)22-25-19-13-6-7-14-20(19)26-22/h3-15,21,24H,1-2H3,(H,25,26)/t21-/m0/s1. The smallest absolute Gasteiger partial charge is 0.249 e. The molecule has 5 heteroatoms. The van der Waals surface area contributed by atoms with Crippen molar-refractivity contribution in [1.82, 2.24) is 14.9 Å². The maximum atomic E-state index is 12.8. The molecule has 1 amide bonds. The van der Waals surface area contributed by atoms with Gasteiger partial charge in [0.25, 0.3) is 0 Å². The number of amides is 1. The van der Waals surface area contributed by atoms with Gasteiger partial charge >= 0.3 is 0 Å². The Balaban J connectivity index is 1.66. The van der Waals surface area contributed by atoms with Gasteiger partial charge in [-0.1, -0.05) is 54.6 Å². The first-order chi connectivity index (χ1) is 13.6. The number of rotatable bonds is 5. The maximum Gasteiger partial charge on any atom is 0.249 e. The van der Waals surface area contributed by atoms with Gasteiger partial charge < -0.3 is 15.2 Å². The lowest BCUT2D eigenvalue weighted by molar-refractivity contribution is -0.129. The van der Waals surface area contributed by atoms with Gasteiger partial charge in [0.05, 0.1) is 11.0 Å². The van der Waals surface area contributed by atoms with E-state index in [4.69, 9.17) is 0 Å². The summed E-state index contributed by atoms with van der Waals surface area (Å²) in [5.41, 5.74) is 4.68. The summed E-state index contributed by atoms with van der Waals surface area (Å²) in [7, 11) is 3.54. The van der Waals surface area contributed by atoms with Gasteiger partial charge in [0.2, 0.25) is 5.91 Å². The highest BCUT2D eigenvalue weighted by molar-refractivity contribution is 5.86. The fourth-order valence-electron chi connectivity index (χ4n) is 3.20. The number of hydrogen-bond donors (Lipinski definition) is 2. The third-order valence-corrected chi connectivity index (χ3v) is 4.66. The van der Waals surface area contributed by atoms with Crippen molar-refractivity contribution in [2.45, 2.75) is 6.04 Å². The normalized spacial score (nSPS) is 11.9. The van der Waals surface area contributed by atoms with Gasteiger partial charge in [0.15, 0.2) is 0 Å². The van der Waals surface area contributed by atoms with Gasteiger partial charge in [0.1, 0.15) is 11.9 Å². The summed E-state index contributed by atoms with van der Waals surface area (Å²) in [5.74, 6) is 0.806. The Morgan fingerprint density at radius 1 is 0.964 bits per heavy atom. The fraction of sp³-hybridized carbons (Fsp3) is 0.130. The van der Waals surface area contributed by atoms with Gasteiger partial charge in [-0.3, -0.25) is 4.79 Å². The van der Waals surface area contributed by atoms with Crippen LogP contribution in [0, 0.1) is 0 Å². The zero-order chi connectivity index (χ0) is 19.5. The Labute approximate surface area is 164 Å². The average molecular weight is 370 g/mol. The number of H-pyrrole nitrogens is 1. The summed E-state index contributed by atoms with van der Waals surface area (Å²) in [6, 6.07) is 25.2. The van der Waals surface area contributed by atoms with E-state index in [0.717, 1.165) is 33.7 Å². The summed E-state index contributed by atoms with van der Waals surface area (Å²) < 4.78 is 0. The van der Waals surface area contributed by atoms with E-state index >= 15 is 0 Å². The Bertz CT molecular complexity index is 1070. The number of likely N-dealkylation sites (N-methyl/N-ethyl adjacent to an activating group) is 1.